The molecule has 0 saturated carbocycles. The molecule has 6 nitrogen and oxygen atoms in total. The Labute approximate surface area is 106 Å². The molecule has 1 aliphatic rings. The lowest BCUT2D eigenvalue weighted by Gasteiger charge is -2.34. The predicted octanol–water partition coefficient (Wildman–Crippen LogP) is 0.114. The fourth-order valence-electron chi connectivity index (χ4n) is 2.07. The number of carbonyl (C=O) groups excluding carboxylic acids is 2. The molecular weight excluding hydrogens is 232 g/mol. The summed E-state index contributed by atoms with van der Waals surface area (Å²) in [4.78, 5) is 31.2. The van der Waals surface area contributed by atoms with Crippen molar-refractivity contribution in [1.29, 1.82) is 0 Å². The van der Waals surface area contributed by atoms with Crippen LogP contribution in [0.1, 0.15) is 23.8 Å². The summed E-state index contributed by atoms with van der Waals surface area (Å²) in [5, 5.41) is 0. The summed E-state index contributed by atoms with van der Waals surface area (Å²) in [7, 11) is 1.83. The highest BCUT2D eigenvalue weighted by atomic mass is 16.2. The molecule has 2 heterocycles. The Hall–Kier alpha value is -1.85. The number of carbonyl (C=O) groups is 2. The van der Waals surface area contributed by atoms with E-state index in [0.717, 1.165) is 0 Å². The Morgan fingerprint density at radius 3 is 2.33 bits per heavy atom. The number of amides is 2. The van der Waals surface area contributed by atoms with Gasteiger partial charge in [0.1, 0.15) is 5.69 Å². The van der Waals surface area contributed by atoms with Crippen LogP contribution >= 0.6 is 0 Å². The van der Waals surface area contributed by atoms with Gasteiger partial charge in [0.2, 0.25) is 5.91 Å². The van der Waals surface area contributed by atoms with Gasteiger partial charge in [-0.1, -0.05) is 6.92 Å². The van der Waals surface area contributed by atoms with Crippen molar-refractivity contribution < 1.29 is 9.59 Å². The number of piperazine rings is 1. The molecule has 1 aliphatic heterocycles. The third-order valence-electron chi connectivity index (χ3n) is 3.15. The summed E-state index contributed by atoms with van der Waals surface area (Å²) >= 11 is 0. The smallest absolute Gasteiger partial charge is 0.274 e. The van der Waals surface area contributed by atoms with Crippen LogP contribution in [0.2, 0.25) is 0 Å². The van der Waals surface area contributed by atoms with Gasteiger partial charge in [0.05, 0.1) is 6.33 Å². The van der Waals surface area contributed by atoms with Crippen LogP contribution < -0.4 is 0 Å². The molecule has 1 aromatic heterocycles. The maximum Gasteiger partial charge on any atom is 0.274 e. The molecule has 2 amide bonds. The SMILES string of the molecule is CCC(=O)N1CCN(C(=O)c2cn(C)cn2)CC1. The Balaban J connectivity index is 1.94. The third-order valence-corrected chi connectivity index (χ3v) is 3.15. The molecule has 0 atom stereocenters. The summed E-state index contributed by atoms with van der Waals surface area (Å²) in [6.45, 7) is 4.26. The van der Waals surface area contributed by atoms with Gasteiger partial charge >= 0.3 is 0 Å². The van der Waals surface area contributed by atoms with E-state index < -0.39 is 0 Å². The van der Waals surface area contributed by atoms with E-state index in [0.29, 0.717) is 38.3 Å². The minimum absolute atomic E-state index is 0.0563. The van der Waals surface area contributed by atoms with E-state index in [1.807, 2.05) is 18.9 Å². The van der Waals surface area contributed by atoms with E-state index >= 15 is 0 Å². The Bertz CT molecular complexity index is 447. The number of hydrogen-bond acceptors (Lipinski definition) is 3. The number of rotatable bonds is 2. The number of aromatic nitrogens is 2. The molecule has 18 heavy (non-hydrogen) atoms. The van der Waals surface area contributed by atoms with Crippen molar-refractivity contribution in [3.63, 3.8) is 0 Å². The number of hydrogen-bond donors (Lipinski definition) is 0. The lowest BCUT2D eigenvalue weighted by atomic mass is 10.2. The molecule has 1 fully saturated rings. The monoisotopic (exact) mass is 250 g/mol. The zero-order valence-corrected chi connectivity index (χ0v) is 10.8. The van der Waals surface area contributed by atoms with Gasteiger partial charge in [0.25, 0.3) is 5.91 Å². The molecule has 2 rings (SSSR count). The van der Waals surface area contributed by atoms with Crippen molar-refractivity contribution in [2.75, 3.05) is 26.2 Å². The van der Waals surface area contributed by atoms with Crippen molar-refractivity contribution in [3.05, 3.63) is 18.2 Å². The lowest BCUT2D eigenvalue weighted by molar-refractivity contribution is -0.132. The van der Waals surface area contributed by atoms with Gasteiger partial charge in [0.15, 0.2) is 0 Å². The first kappa shape index (κ1) is 12.6. The van der Waals surface area contributed by atoms with Crippen LogP contribution in [0.5, 0.6) is 0 Å². The van der Waals surface area contributed by atoms with Crippen molar-refractivity contribution in [1.82, 2.24) is 19.4 Å². The van der Waals surface area contributed by atoms with E-state index in [2.05, 4.69) is 4.98 Å². The largest absolute Gasteiger partial charge is 0.340 e. The van der Waals surface area contributed by atoms with Crippen LogP contribution in [0.4, 0.5) is 0 Å². The zero-order chi connectivity index (χ0) is 13.1. The Morgan fingerprint density at radius 1 is 1.22 bits per heavy atom. The van der Waals surface area contributed by atoms with Gasteiger partial charge < -0.3 is 14.4 Å². The first-order valence-electron chi connectivity index (χ1n) is 6.17. The summed E-state index contributed by atoms with van der Waals surface area (Å²) in [6.07, 6.45) is 3.85. The highest BCUT2D eigenvalue weighted by Crippen LogP contribution is 2.08. The summed E-state index contributed by atoms with van der Waals surface area (Å²) < 4.78 is 1.75. The van der Waals surface area contributed by atoms with Gasteiger partial charge in [-0.25, -0.2) is 4.98 Å². The minimum atomic E-state index is -0.0563. The Kier molecular flexibility index (Phi) is 3.64. The second kappa shape index (κ2) is 5.20. The number of imidazole rings is 1. The predicted molar refractivity (Wildman–Crippen MR) is 66.0 cm³/mol. The van der Waals surface area contributed by atoms with Gasteiger partial charge in [-0.3, -0.25) is 9.59 Å². The van der Waals surface area contributed by atoms with Gasteiger partial charge in [-0.05, 0) is 0 Å². The quantitative estimate of drug-likeness (QED) is 0.749. The molecule has 0 bridgehead atoms. The van der Waals surface area contributed by atoms with E-state index in [9.17, 15) is 9.59 Å². The maximum atomic E-state index is 12.1. The average molecular weight is 250 g/mol. The molecule has 1 saturated heterocycles. The van der Waals surface area contributed by atoms with Crippen molar-refractivity contribution in [2.24, 2.45) is 7.05 Å². The second-order valence-electron chi connectivity index (χ2n) is 4.45. The molecule has 6 heteroatoms. The topological polar surface area (TPSA) is 58.4 Å². The van der Waals surface area contributed by atoms with E-state index in [1.54, 1.807) is 22.0 Å². The van der Waals surface area contributed by atoms with Crippen LogP contribution in [0, 0.1) is 0 Å². The average Bonchev–Trinajstić information content (AvgIpc) is 2.84. The maximum absolute atomic E-state index is 12.1. The van der Waals surface area contributed by atoms with E-state index in [4.69, 9.17) is 0 Å². The first-order valence-corrected chi connectivity index (χ1v) is 6.17. The van der Waals surface area contributed by atoms with Crippen LogP contribution in [0.3, 0.4) is 0 Å². The van der Waals surface area contributed by atoms with Gasteiger partial charge in [0, 0.05) is 45.8 Å². The minimum Gasteiger partial charge on any atom is -0.340 e. The van der Waals surface area contributed by atoms with Crippen LogP contribution in [0.25, 0.3) is 0 Å². The summed E-state index contributed by atoms with van der Waals surface area (Å²) in [5.41, 5.74) is 0.466. The van der Waals surface area contributed by atoms with Gasteiger partial charge in [-0.2, -0.15) is 0 Å². The molecule has 0 aliphatic carbocycles. The molecule has 0 spiro atoms. The fraction of sp³-hybridized carbons (Fsp3) is 0.583. The summed E-state index contributed by atoms with van der Waals surface area (Å²) in [6, 6.07) is 0. The normalized spacial score (nSPS) is 15.9. The van der Waals surface area contributed by atoms with Crippen LogP contribution in [0.15, 0.2) is 12.5 Å². The Morgan fingerprint density at radius 2 is 1.83 bits per heavy atom. The van der Waals surface area contributed by atoms with Gasteiger partial charge in [-0.15, -0.1) is 0 Å². The standard InChI is InChI=1S/C12H18N4O2/c1-3-11(17)15-4-6-16(7-5-15)12(18)10-8-14(2)9-13-10/h8-9H,3-7H2,1-2H3. The molecule has 1 aromatic rings. The highest BCUT2D eigenvalue weighted by molar-refractivity contribution is 5.92. The van der Waals surface area contributed by atoms with Crippen molar-refractivity contribution >= 4 is 11.8 Å². The van der Waals surface area contributed by atoms with Crippen LogP contribution in [-0.4, -0.2) is 57.3 Å². The van der Waals surface area contributed by atoms with Crippen LogP contribution in [-0.2, 0) is 11.8 Å². The molecule has 0 aromatic carbocycles. The molecule has 0 N–H and O–H groups in total. The van der Waals surface area contributed by atoms with E-state index in [-0.39, 0.29) is 11.8 Å². The summed E-state index contributed by atoms with van der Waals surface area (Å²) in [5.74, 6) is 0.0964. The lowest BCUT2D eigenvalue weighted by Crippen LogP contribution is -2.50. The van der Waals surface area contributed by atoms with E-state index in [1.165, 1.54) is 0 Å². The third kappa shape index (κ3) is 2.52. The molecule has 98 valence electrons. The molecule has 0 unspecified atom stereocenters. The molecule has 0 radical (unpaired) electrons. The first-order chi connectivity index (χ1) is 8.61. The fourth-order valence-corrected chi connectivity index (χ4v) is 2.07. The number of nitrogens with zero attached hydrogens (tertiary/aromatic N) is 4. The zero-order valence-electron chi connectivity index (χ0n) is 10.8. The number of aryl methyl sites for hydroxylation is 1. The second-order valence-corrected chi connectivity index (χ2v) is 4.45. The highest BCUT2D eigenvalue weighted by Gasteiger charge is 2.24. The van der Waals surface area contributed by atoms with Crippen molar-refractivity contribution in [2.45, 2.75) is 13.3 Å². The molecular formula is C12H18N4O2. The van der Waals surface area contributed by atoms with Crippen molar-refractivity contribution in [3.8, 4) is 0 Å².